The summed E-state index contributed by atoms with van der Waals surface area (Å²) >= 11 is 0. The zero-order chi connectivity index (χ0) is 13.1. The normalized spacial score (nSPS) is 18.6. The van der Waals surface area contributed by atoms with Crippen molar-refractivity contribution in [1.29, 1.82) is 0 Å². The minimum absolute atomic E-state index is 0.180. The Morgan fingerprint density at radius 2 is 2.00 bits per heavy atom. The van der Waals surface area contributed by atoms with Crippen LogP contribution in [-0.2, 0) is 14.3 Å². The lowest BCUT2D eigenvalue weighted by atomic mass is 9.96. The van der Waals surface area contributed by atoms with Crippen LogP contribution in [0.5, 0.6) is 0 Å². The number of nitrogens with one attached hydrogen (secondary N) is 1. The topological polar surface area (TPSA) is 55.4 Å². The minimum atomic E-state index is -0.831. The second kappa shape index (κ2) is 5.52. The number of ether oxygens (including phenoxy) is 1. The highest BCUT2D eigenvalue weighted by atomic mass is 16.5. The van der Waals surface area contributed by atoms with E-state index in [0.717, 1.165) is 19.3 Å². The summed E-state index contributed by atoms with van der Waals surface area (Å²) in [6.07, 6.45) is 2.82. The monoisotopic (exact) mass is 241 g/mol. The van der Waals surface area contributed by atoms with E-state index < -0.39 is 5.54 Å². The maximum absolute atomic E-state index is 12.0. The lowest BCUT2D eigenvalue weighted by molar-refractivity contribution is -0.154. The van der Waals surface area contributed by atoms with Gasteiger partial charge in [-0.25, -0.2) is 4.79 Å². The number of hydrogen-bond donors (Lipinski definition) is 1. The Bertz CT molecular complexity index is 297. The fraction of sp³-hybridized carbons (Fsp3) is 0.846. The van der Waals surface area contributed by atoms with E-state index in [2.05, 4.69) is 19.2 Å². The average Bonchev–Trinajstić information content (AvgIpc) is 2.98. The first-order chi connectivity index (χ1) is 7.86. The Kier molecular flexibility index (Phi) is 4.54. The molecule has 4 nitrogen and oxygen atoms in total. The van der Waals surface area contributed by atoms with Crippen molar-refractivity contribution in [2.75, 3.05) is 6.61 Å². The van der Waals surface area contributed by atoms with Gasteiger partial charge in [-0.3, -0.25) is 4.79 Å². The molecule has 0 aromatic carbocycles. The van der Waals surface area contributed by atoms with Crippen molar-refractivity contribution in [2.24, 2.45) is 11.8 Å². The zero-order valence-corrected chi connectivity index (χ0v) is 11.2. The molecule has 1 unspecified atom stereocenters. The number of esters is 1. The van der Waals surface area contributed by atoms with E-state index in [1.807, 2.05) is 0 Å². The first-order valence-electron chi connectivity index (χ1n) is 6.32. The predicted molar refractivity (Wildman–Crippen MR) is 65.4 cm³/mol. The zero-order valence-electron chi connectivity index (χ0n) is 11.2. The molecule has 0 heterocycles. The van der Waals surface area contributed by atoms with Crippen LogP contribution in [-0.4, -0.2) is 24.0 Å². The minimum Gasteiger partial charge on any atom is -0.464 e. The number of amides is 1. The maximum Gasteiger partial charge on any atom is 0.331 e. The van der Waals surface area contributed by atoms with Crippen LogP contribution in [0, 0.1) is 11.8 Å². The van der Waals surface area contributed by atoms with Gasteiger partial charge in [-0.15, -0.1) is 0 Å². The largest absolute Gasteiger partial charge is 0.464 e. The molecular weight excluding hydrogens is 218 g/mol. The highest BCUT2D eigenvalue weighted by molar-refractivity contribution is 5.87. The van der Waals surface area contributed by atoms with Crippen molar-refractivity contribution in [3.8, 4) is 0 Å². The van der Waals surface area contributed by atoms with Gasteiger partial charge in [-0.05, 0) is 38.0 Å². The van der Waals surface area contributed by atoms with Gasteiger partial charge in [0.2, 0.25) is 5.91 Å². The highest BCUT2D eigenvalue weighted by Crippen LogP contribution is 2.40. The third-order valence-corrected chi connectivity index (χ3v) is 3.18. The molecule has 1 fully saturated rings. The Labute approximate surface area is 103 Å². The second-order valence-corrected chi connectivity index (χ2v) is 5.48. The SMILES string of the molecule is CC(=O)NC(C)(C(=O)OCCC(C)C)C1CC1. The van der Waals surface area contributed by atoms with Gasteiger partial charge in [-0.1, -0.05) is 13.8 Å². The lowest BCUT2D eigenvalue weighted by Crippen LogP contribution is -2.54. The fourth-order valence-corrected chi connectivity index (χ4v) is 1.88. The summed E-state index contributed by atoms with van der Waals surface area (Å²) in [6.45, 7) is 7.80. The molecule has 0 aromatic rings. The van der Waals surface area contributed by atoms with Crippen molar-refractivity contribution < 1.29 is 14.3 Å². The Morgan fingerprint density at radius 3 is 2.41 bits per heavy atom. The van der Waals surface area contributed by atoms with Gasteiger partial charge in [-0.2, -0.15) is 0 Å². The first-order valence-corrected chi connectivity index (χ1v) is 6.32. The smallest absolute Gasteiger partial charge is 0.331 e. The molecule has 1 N–H and O–H groups in total. The van der Waals surface area contributed by atoms with Gasteiger partial charge >= 0.3 is 5.97 Å². The lowest BCUT2D eigenvalue weighted by Gasteiger charge is -2.28. The van der Waals surface area contributed by atoms with Crippen LogP contribution in [0.4, 0.5) is 0 Å². The molecule has 0 spiro atoms. The van der Waals surface area contributed by atoms with Gasteiger partial charge in [0.05, 0.1) is 6.61 Å². The summed E-state index contributed by atoms with van der Waals surface area (Å²) in [4.78, 5) is 23.2. The van der Waals surface area contributed by atoms with Crippen LogP contribution in [0.1, 0.15) is 47.0 Å². The van der Waals surface area contributed by atoms with E-state index in [0.29, 0.717) is 12.5 Å². The van der Waals surface area contributed by atoms with E-state index in [1.165, 1.54) is 6.92 Å². The van der Waals surface area contributed by atoms with E-state index in [9.17, 15) is 9.59 Å². The van der Waals surface area contributed by atoms with E-state index in [4.69, 9.17) is 4.74 Å². The molecule has 0 bridgehead atoms. The summed E-state index contributed by atoms with van der Waals surface area (Å²) in [5, 5.41) is 2.74. The summed E-state index contributed by atoms with van der Waals surface area (Å²) in [5.74, 6) is 0.268. The molecule has 0 aliphatic heterocycles. The van der Waals surface area contributed by atoms with Gasteiger partial charge in [0.1, 0.15) is 5.54 Å². The summed E-state index contributed by atoms with van der Waals surface area (Å²) in [6, 6.07) is 0. The number of carbonyl (C=O) groups is 2. The van der Waals surface area contributed by atoms with Crippen LogP contribution in [0.15, 0.2) is 0 Å². The van der Waals surface area contributed by atoms with Crippen LogP contribution in [0.2, 0.25) is 0 Å². The summed E-state index contributed by atoms with van der Waals surface area (Å²) in [5.41, 5.74) is -0.831. The van der Waals surface area contributed by atoms with Crippen LogP contribution < -0.4 is 5.32 Å². The molecule has 1 atom stereocenters. The molecule has 1 rings (SSSR count). The second-order valence-electron chi connectivity index (χ2n) is 5.48. The Morgan fingerprint density at radius 1 is 1.41 bits per heavy atom. The van der Waals surface area contributed by atoms with Gasteiger partial charge < -0.3 is 10.1 Å². The number of rotatable bonds is 6. The number of carbonyl (C=O) groups excluding carboxylic acids is 2. The third-order valence-electron chi connectivity index (χ3n) is 3.18. The van der Waals surface area contributed by atoms with Crippen LogP contribution in [0.3, 0.4) is 0 Å². The van der Waals surface area contributed by atoms with E-state index in [-0.39, 0.29) is 17.8 Å². The maximum atomic E-state index is 12.0. The Hall–Kier alpha value is -1.06. The van der Waals surface area contributed by atoms with Crippen molar-refractivity contribution in [1.82, 2.24) is 5.32 Å². The first kappa shape index (κ1) is 14.0. The third kappa shape index (κ3) is 4.02. The quantitative estimate of drug-likeness (QED) is 0.722. The number of hydrogen-bond acceptors (Lipinski definition) is 3. The summed E-state index contributed by atoms with van der Waals surface area (Å²) < 4.78 is 5.27. The van der Waals surface area contributed by atoms with Gasteiger partial charge in [0.15, 0.2) is 0 Å². The van der Waals surface area contributed by atoms with Crippen molar-refractivity contribution >= 4 is 11.9 Å². The van der Waals surface area contributed by atoms with Crippen molar-refractivity contribution in [3.05, 3.63) is 0 Å². The standard InChI is InChI=1S/C13H23NO3/c1-9(2)7-8-17-12(16)13(4,11-5-6-11)14-10(3)15/h9,11H,5-8H2,1-4H3,(H,14,15). The molecule has 98 valence electrons. The Balaban J connectivity index is 2.51. The molecule has 0 saturated heterocycles. The molecule has 0 radical (unpaired) electrons. The average molecular weight is 241 g/mol. The fourth-order valence-electron chi connectivity index (χ4n) is 1.88. The molecule has 1 amide bonds. The van der Waals surface area contributed by atoms with Crippen LogP contribution >= 0.6 is 0 Å². The van der Waals surface area contributed by atoms with Crippen LogP contribution in [0.25, 0.3) is 0 Å². The molecule has 4 heteroatoms. The highest BCUT2D eigenvalue weighted by Gasteiger charge is 2.49. The van der Waals surface area contributed by atoms with E-state index >= 15 is 0 Å². The molecule has 1 aliphatic rings. The molecule has 1 aliphatic carbocycles. The van der Waals surface area contributed by atoms with Gasteiger partial charge in [0.25, 0.3) is 0 Å². The molecule has 17 heavy (non-hydrogen) atoms. The van der Waals surface area contributed by atoms with Gasteiger partial charge in [0, 0.05) is 6.92 Å². The van der Waals surface area contributed by atoms with E-state index in [1.54, 1.807) is 6.92 Å². The van der Waals surface area contributed by atoms with Crippen molar-refractivity contribution in [2.45, 2.75) is 52.5 Å². The molecule has 0 aromatic heterocycles. The molecule has 1 saturated carbocycles. The van der Waals surface area contributed by atoms with Crippen molar-refractivity contribution in [3.63, 3.8) is 0 Å². The predicted octanol–water partition coefficient (Wildman–Crippen LogP) is 1.88. The summed E-state index contributed by atoms with van der Waals surface area (Å²) in [7, 11) is 0. The molecular formula is C13H23NO3.